The molecule has 2 heterocycles. The zero-order valence-electron chi connectivity index (χ0n) is 13.3. The molecule has 25 heavy (non-hydrogen) atoms. The summed E-state index contributed by atoms with van der Waals surface area (Å²) in [5, 5.41) is 2.25. The first kappa shape index (κ1) is 15.5. The third-order valence-electron chi connectivity index (χ3n) is 4.74. The van der Waals surface area contributed by atoms with Crippen LogP contribution in [0, 0.1) is 5.82 Å². The number of hydrogen-bond donors (Lipinski definition) is 1. The Kier molecular flexibility index (Phi) is 3.60. The quantitative estimate of drug-likeness (QED) is 0.854. The number of rotatable bonds is 2. The predicted octanol–water partition coefficient (Wildman–Crippen LogP) is 2.25. The van der Waals surface area contributed by atoms with E-state index in [0.29, 0.717) is 5.56 Å². The number of carbonyl (C=O) groups excluding carboxylic acids is 3. The van der Waals surface area contributed by atoms with Gasteiger partial charge in [0, 0.05) is 13.0 Å². The van der Waals surface area contributed by atoms with Crippen LogP contribution in [-0.2, 0) is 16.1 Å². The lowest BCUT2D eigenvalue weighted by Crippen LogP contribution is -2.52. The summed E-state index contributed by atoms with van der Waals surface area (Å²) in [6, 6.07) is 11.6. The molecule has 0 aliphatic carbocycles. The van der Waals surface area contributed by atoms with Gasteiger partial charge in [0.2, 0.25) is 11.8 Å². The average molecular weight is 338 g/mol. The normalized spacial score (nSPS) is 19.8. The fourth-order valence-electron chi connectivity index (χ4n) is 3.52. The standard InChI is InChI=1S/C19H15FN2O3/c20-14-7-6-12(11-4-2-1-3-5-11)13-10-22(19(25)17(13)14)15-8-9-16(23)21-18(15)24/h1-7,15H,8-10H2,(H,21,23,24). The summed E-state index contributed by atoms with van der Waals surface area (Å²) in [6.07, 6.45) is 0.428. The zero-order chi connectivity index (χ0) is 17.6. The molecule has 5 nitrogen and oxygen atoms in total. The largest absolute Gasteiger partial charge is 0.322 e. The molecule has 6 heteroatoms. The van der Waals surface area contributed by atoms with Crippen LogP contribution >= 0.6 is 0 Å². The van der Waals surface area contributed by atoms with E-state index in [4.69, 9.17) is 0 Å². The van der Waals surface area contributed by atoms with Gasteiger partial charge in [-0.3, -0.25) is 19.7 Å². The summed E-state index contributed by atoms with van der Waals surface area (Å²) in [7, 11) is 0. The summed E-state index contributed by atoms with van der Waals surface area (Å²) in [6.45, 7) is 0.155. The minimum atomic E-state index is -0.749. The van der Waals surface area contributed by atoms with Crippen LogP contribution in [0.1, 0.15) is 28.8 Å². The number of halogens is 1. The fourth-order valence-corrected chi connectivity index (χ4v) is 3.52. The SMILES string of the molecule is O=C1CCC(N2Cc3c(-c4ccccc4)ccc(F)c3C2=O)C(=O)N1. The van der Waals surface area contributed by atoms with E-state index in [0.717, 1.165) is 11.1 Å². The minimum Gasteiger partial charge on any atom is -0.322 e. The Morgan fingerprint density at radius 2 is 1.80 bits per heavy atom. The van der Waals surface area contributed by atoms with Gasteiger partial charge in [-0.25, -0.2) is 4.39 Å². The zero-order valence-corrected chi connectivity index (χ0v) is 13.3. The number of imide groups is 1. The number of fused-ring (bicyclic) bond motifs is 1. The summed E-state index contributed by atoms with van der Waals surface area (Å²) in [5.41, 5.74) is 2.27. The molecule has 1 fully saturated rings. The van der Waals surface area contributed by atoms with Crippen molar-refractivity contribution in [2.24, 2.45) is 0 Å². The molecule has 0 saturated carbocycles. The van der Waals surface area contributed by atoms with Crippen molar-refractivity contribution in [1.82, 2.24) is 10.2 Å². The predicted molar refractivity (Wildman–Crippen MR) is 87.9 cm³/mol. The molecule has 126 valence electrons. The molecule has 4 rings (SSSR count). The first-order valence-electron chi connectivity index (χ1n) is 8.07. The third-order valence-corrected chi connectivity index (χ3v) is 4.74. The Labute approximate surface area is 143 Å². The summed E-state index contributed by atoms with van der Waals surface area (Å²) < 4.78 is 14.3. The van der Waals surface area contributed by atoms with Crippen molar-refractivity contribution in [3.8, 4) is 11.1 Å². The van der Waals surface area contributed by atoms with Gasteiger partial charge in [-0.15, -0.1) is 0 Å². The lowest BCUT2D eigenvalue weighted by atomic mass is 9.96. The molecule has 0 radical (unpaired) electrons. The second-order valence-corrected chi connectivity index (χ2v) is 6.21. The van der Waals surface area contributed by atoms with E-state index in [2.05, 4.69) is 5.32 Å². The number of hydrogen-bond acceptors (Lipinski definition) is 3. The molecule has 2 aromatic rings. The van der Waals surface area contributed by atoms with Gasteiger partial charge in [0.25, 0.3) is 5.91 Å². The lowest BCUT2D eigenvalue weighted by Gasteiger charge is -2.29. The Hall–Kier alpha value is -3.02. The number of benzene rings is 2. The second-order valence-electron chi connectivity index (χ2n) is 6.21. The second kappa shape index (κ2) is 5.81. The highest BCUT2D eigenvalue weighted by molar-refractivity contribution is 6.06. The first-order valence-corrected chi connectivity index (χ1v) is 8.07. The maximum Gasteiger partial charge on any atom is 0.258 e. The highest BCUT2D eigenvalue weighted by Gasteiger charge is 2.41. The van der Waals surface area contributed by atoms with Gasteiger partial charge in [0.05, 0.1) is 5.56 Å². The molecular formula is C19H15FN2O3. The minimum absolute atomic E-state index is 0.0195. The maximum absolute atomic E-state index is 14.3. The van der Waals surface area contributed by atoms with Gasteiger partial charge >= 0.3 is 0 Å². The molecule has 0 bridgehead atoms. The molecule has 1 unspecified atom stereocenters. The highest BCUT2D eigenvalue weighted by Crippen LogP contribution is 2.36. The number of carbonyl (C=O) groups is 3. The molecule has 0 aromatic heterocycles. The van der Waals surface area contributed by atoms with E-state index in [1.165, 1.54) is 11.0 Å². The molecule has 1 N–H and O–H groups in total. The molecule has 3 amide bonds. The Bertz CT molecular complexity index is 895. The van der Waals surface area contributed by atoms with Gasteiger partial charge in [-0.1, -0.05) is 36.4 Å². The summed E-state index contributed by atoms with van der Waals surface area (Å²) >= 11 is 0. The summed E-state index contributed by atoms with van der Waals surface area (Å²) in [5.74, 6) is -1.94. The van der Waals surface area contributed by atoms with Crippen LogP contribution in [0.2, 0.25) is 0 Å². The molecule has 0 spiro atoms. The van der Waals surface area contributed by atoms with Gasteiger partial charge in [0.1, 0.15) is 11.9 Å². The maximum atomic E-state index is 14.3. The lowest BCUT2D eigenvalue weighted by molar-refractivity contribution is -0.136. The number of nitrogens with one attached hydrogen (secondary N) is 1. The average Bonchev–Trinajstić information content (AvgIpc) is 2.94. The van der Waals surface area contributed by atoms with Crippen LogP contribution in [-0.4, -0.2) is 28.7 Å². The van der Waals surface area contributed by atoms with Crippen LogP contribution in [0.4, 0.5) is 4.39 Å². The van der Waals surface area contributed by atoms with Crippen molar-refractivity contribution in [3.05, 3.63) is 59.4 Å². The monoisotopic (exact) mass is 338 g/mol. The number of amides is 3. The van der Waals surface area contributed by atoms with E-state index in [1.54, 1.807) is 6.07 Å². The number of piperidine rings is 1. The van der Waals surface area contributed by atoms with Crippen LogP contribution < -0.4 is 5.32 Å². The molecule has 2 aliphatic heterocycles. The van der Waals surface area contributed by atoms with Crippen molar-refractivity contribution in [2.45, 2.75) is 25.4 Å². The highest BCUT2D eigenvalue weighted by atomic mass is 19.1. The van der Waals surface area contributed by atoms with E-state index in [-0.39, 0.29) is 30.9 Å². The summed E-state index contributed by atoms with van der Waals surface area (Å²) in [4.78, 5) is 37.6. The first-order chi connectivity index (χ1) is 12.1. The molecular weight excluding hydrogens is 323 g/mol. The van der Waals surface area contributed by atoms with E-state index in [1.807, 2.05) is 30.3 Å². The van der Waals surface area contributed by atoms with Gasteiger partial charge < -0.3 is 4.90 Å². The Balaban J connectivity index is 1.75. The van der Waals surface area contributed by atoms with Crippen molar-refractivity contribution in [2.75, 3.05) is 0 Å². The van der Waals surface area contributed by atoms with Gasteiger partial charge in [-0.05, 0) is 29.2 Å². The van der Waals surface area contributed by atoms with Gasteiger partial charge in [-0.2, -0.15) is 0 Å². The topological polar surface area (TPSA) is 66.5 Å². The Morgan fingerprint density at radius 1 is 1.04 bits per heavy atom. The van der Waals surface area contributed by atoms with Crippen molar-refractivity contribution in [3.63, 3.8) is 0 Å². The van der Waals surface area contributed by atoms with Crippen LogP contribution in [0.15, 0.2) is 42.5 Å². The number of nitrogens with zero attached hydrogens (tertiary/aromatic N) is 1. The van der Waals surface area contributed by atoms with Crippen LogP contribution in [0.5, 0.6) is 0 Å². The van der Waals surface area contributed by atoms with Crippen molar-refractivity contribution < 1.29 is 18.8 Å². The molecule has 1 saturated heterocycles. The van der Waals surface area contributed by atoms with Crippen LogP contribution in [0.25, 0.3) is 11.1 Å². The van der Waals surface area contributed by atoms with E-state index in [9.17, 15) is 18.8 Å². The molecule has 2 aromatic carbocycles. The fraction of sp³-hybridized carbons (Fsp3) is 0.211. The molecule has 2 aliphatic rings. The van der Waals surface area contributed by atoms with E-state index >= 15 is 0 Å². The van der Waals surface area contributed by atoms with E-state index < -0.39 is 23.7 Å². The third kappa shape index (κ3) is 2.50. The van der Waals surface area contributed by atoms with Gasteiger partial charge in [0.15, 0.2) is 0 Å². The van der Waals surface area contributed by atoms with Crippen LogP contribution in [0.3, 0.4) is 0 Å². The van der Waals surface area contributed by atoms with Crippen molar-refractivity contribution >= 4 is 17.7 Å². The smallest absolute Gasteiger partial charge is 0.258 e. The van der Waals surface area contributed by atoms with Crippen molar-refractivity contribution in [1.29, 1.82) is 0 Å². The molecule has 1 atom stereocenters. The Morgan fingerprint density at radius 3 is 2.52 bits per heavy atom.